The lowest BCUT2D eigenvalue weighted by Gasteiger charge is -2.09. The molecule has 0 aliphatic carbocycles. The molecule has 3 aromatic carbocycles. The third-order valence-corrected chi connectivity index (χ3v) is 4.52. The number of halogens is 2. The zero-order valence-corrected chi connectivity index (χ0v) is 17.3. The second kappa shape index (κ2) is 10.2. The lowest BCUT2D eigenvalue weighted by atomic mass is 10.0. The quantitative estimate of drug-likeness (QED) is 0.153. The van der Waals surface area contributed by atoms with Gasteiger partial charge in [-0.05, 0) is 65.2 Å². The first-order chi connectivity index (χ1) is 15.0. The Morgan fingerprint density at radius 1 is 1.00 bits per heavy atom. The largest absolute Gasteiger partial charge is 0.493 e. The molecule has 0 saturated carbocycles. The molecule has 31 heavy (non-hydrogen) atoms. The minimum atomic E-state index is -0.607. The third kappa shape index (κ3) is 6.05. The molecule has 0 amide bonds. The zero-order valence-electron chi connectivity index (χ0n) is 16.5. The maximum atomic E-state index is 12.9. The first-order valence-electron chi connectivity index (χ1n) is 9.20. The molecule has 0 aliphatic rings. The standard InChI is InChI=1S/C25H17ClFNO3/c1-30-24-15-18(14-20(16-28)19-6-8-21(26)9-7-19)4-12-23(24)31-25(29)13-5-17-2-10-22(27)11-3-17/h2-15H,1H3/b13-5+,20-14+. The summed E-state index contributed by atoms with van der Waals surface area (Å²) in [5.41, 5.74) is 2.54. The van der Waals surface area contributed by atoms with Crippen LogP contribution < -0.4 is 9.47 Å². The number of hydrogen-bond acceptors (Lipinski definition) is 4. The molecule has 0 N–H and O–H groups in total. The van der Waals surface area contributed by atoms with Crippen molar-refractivity contribution in [1.82, 2.24) is 0 Å². The molecule has 0 saturated heterocycles. The van der Waals surface area contributed by atoms with Gasteiger partial charge < -0.3 is 9.47 Å². The number of nitriles is 1. The van der Waals surface area contributed by atoms with Crippen molar-refractivity contribution < 1.29 is 18.7 Å². The number of carbonyl (C=O) groups excluding carboxylic acids is 1. The molecular formula is C25H17ClFNO3. The van der Waals surface area contributed by atoms with Crippen molar-refractivity contribution in [2.45, 2.75) is 0 Å². The fourth-order valence-corrected chi connectivity index (χ4v) is 2.84. The van der Waals surface area contributed by atoms with Crippen LogP contribution in [0.15, 0.2) is 72.8 Å². The van der Waals surface area contributed by atoms with E-state index in [1.165, 1.54) is 31.4 Å². The molecule has 0 heterocycles. The molecule has 0 spiro atoms. The molecular weight excluding hydrogens is 417 g/mol. The average Bonchev–Trinajstić information content (AvgIpc) is 2.78. The van der Waals surface area contributed by atoms with E-state index in [2.05, 4.69) is 6.07 Å². The van der Waals surface area contributed by atoms with Gasteiger partial charge >= 0.3 is 5.97 Å². The minimum absolute atomic E-state index is 0.235. The Morgan fingerprint density at radius 3 is 2.32 bits per heavy atom. The number of ether oxygens (including phenoxy) is 2. The summed E-state index contributed by atoms with van der Waals surface area (Å²) < 4.78 is 23.6. The highest BCUT2D eigenvalue weighted by atomic mass is 35.5. The van der Waals surface area contributed by atoms with Crippen LogP contribution in [0.3, 0.4) is 0 Å². The van der Waals surface area contributed by atoms with E-state index in [9.17, 15) is 14.4 Å². The molecule has 0 atom stereocenters. The lowest BCUT2D eigenvalue weighted by molar-refractivity contribution is -0.129. The van der Waals surface area contributed by atoms with E-state index < -0.39 is 5.97 Å². The Labute approximate surface area is 184 Å². The molecule has 154 valence electrons. The van der Waals surface area contributed by atoms with Crippen LogP contribution in [-0.2, 0) is 4.79 Å². The van der Waals surface area contributed by atoms with Crippen LogP contribution in [0.1, 0.15) is 16.7 Å². The number of rotatable bonds is 6. The summed E-state index contributed by atoms with van der Waals surface area (Å²) in [4.78, 5) is 12.1. The summed E-state index contributed by atoms with van der Waals surface area (Å²) in [7, 11) is 1.46. The Morgan fingerprint density at radius 2 is 1.68 bits per heavy atom. The fourth-order valence-electron chi connectivity index (χ4n) is 2.72. The summed E-state index contributed by atoms with van der Waals surface area (Å²) in [5, 5.41) is 10.1. The van der Waals surface area contributed by atoms with Crippen LogP contribution in [0.2, 0.25) is 5.02 Å². The molecule has 4 nitrogen and oxygen atoms in total. The highest BCUT2D eigenvalue weighted by molar-refractivity contribution is 6.30. The van der Waals surface area contributed by atoms with Gasteiger partial charge in [-0.3, -0.25) is 0 Å². The molecule has 0 radical (unpaired) electrons. The number of nitrogens with zero attached hydrogens (tertiary/aromatic N) is 1. The van der Waals surface area contributed by atoms with E-state index in [0.29, 0.717) is 27.5 Å². The first-order valence-corrected chi connectivity index (χ1v) is 9.57. The summed E-state index contributed by atoms with van der Waals surface area (Å²) in [6, 6.07) is 19.8. The van der Waals surface area contributed by atoms with Crippen LogP contribution in [0, 0.1) is 17.1 Å². The van der Waals surface area contributed by atoms with Crippen molar-refractivity contribution in [2.75, 3.05) is 7.11 Å². The van der Waals surface area contributed by atoms with E-state index in [0.717, 1.165) is 5.56 Å². The van der Waals surface area contributed by atoms with Crippen LogP contribution in [-0.4, -0.2) is 13.1 Å². The van der Waals surface area contributed by atoms with Gasteiger partial charge in [-0.1, -0.05) is 41.9 Å². The average molecular weight is 434 g/mol. The van der Waals surface area contributed by atoms with Gasteiger partial charge in [0.25, 0.3) is 0 Å². The molecule has 0 fully saturated rings. The van der Waals surface area contributed by atoms with Crippen LogP contribution in [0.4, 0.5) is 4.39 Å². The van der Waals surface area contributed by atoms with E-state index >= 15 is 0 Å². The van der Waals surface area contributed by atoms with E-state index in [1.54, 1.807) is 60.7 Å². The van der Waals surface area contributed by atoms with Crippen LogP contribution in [0.25, 0.3) is 17.7 Å². The second-order valence-corrected chi connectivity index (χ2v) is 6.83. The van der Waals surface area contributed by atoms with Crippen LogP contribution >= 0.6 is 11.6 Å². The normalized spacial score (nSPS) is 11.2. The Hall–Kier alpha value is -3.88. The zero-order chi connectivity index (χ0) is 22.2. The van der Waals surface area contributed by atoms with Crippen LogP contribution in [0.5, 0.6) is 11.5 Å². The van der Waals surface area contributed by atoms with Gasteiger partial charge in [-0.2, -0.15) is 5.26 Å². The number of benzene rings is 3. The monoisotopic (exact) mass is 433 g/mol. The molecule has 0 unspecified atom stereocenters. The first kappa shape index (κ1) is 21.8. The second-order valence-electron chi connectivity index (χ2n) is 6.39. The van der Waals surface area contributed by atoms with Crippen molar-refractivity contribution in [3.05, 3.63) is 100 Å². The molecule has 0 bridgehead atoms. The van der Waals surface area contributed by atoms with Gasteiger partial charge in [0, 0.05) is 11.1 Å². The molecule has 6 heteroatoms. The van der Waals surface area contributed by atoms with Crippen molar-refractivity contribution in [3.63, 3.8) is 0 Å². The Bertz CT molecular complexity index is 1180. The molecule has 0 aliphatic heterocycles. The summed E-state index contributed by atoms with van der Waals surface area (Å²) in [6.45, 7) is 0. The molecule has 3 aromatic rings. The van der Waals surface area contributed by atoms with E-state index in [1.807, 2.05) is 0 Å². The van der Waals surface area contributed by atoms with Gasteiger partial charge in [0.15, 0.2) is 11.5 Å². The number of esters is 1. The molecule has 0 aromatic heterocycles. The van der Waals surface area contributed by atoms with Gasteiger partial charge in [0.05, 0.1) is 18.8 Å². The molecule has 3 rings (SSSR count). The summed E-state index contributed by atoms with van der Waals surface area (Å²) in [5.74, 6) is -0.386. The summed E-state index contributed by atoms with van der Waals surface area (Å²) >= 11 is 5.90. The van der Waals surface area contributed by atoms with Crippen molar-refractivity contribution in [2.24, 2.45) is 0 Å². The van der Waals surface area contributed by atoms with Gasteiger partial charge in [0.1, 0.15) is 5.82 Å². The number of hydrogen-bond donors (Lipinski definition) is 0. The SMILES string of the molecule is COc1cc(/C=C(\C#N)c2ccc(Cl)cc2)ccc1OC(=O)/C=C/c1ccc(F)cc1. The third-order valence-electron chi connectivity index (χ3n) is 4.27. The van der Waals surface area contributed by atoms with Crippen molar-refractivity contribution in [3.8, 4) is 17.6 Å². The topological polar surface area (TPSA) is 59.3 Å². The number of carbonyl (C=O) groups is 1. The van der Waals surface area contributed by atoms with Gasteiger partial charge in [-0.25, -0.2) is 9.18 Å². The predicted octanol–water partition coefficient (Wildman–Crippen LogP) is 6.17. The smallest absolute Gasteiger partial charge is 0.336 e. The van der Waals surface area contributed by atoms with E-state index in [4.69, 9.17) is 21.1 Å². The van der Waals surface area contributed by atoms with Crippen molar-refractivity contribution in [1.29, 1.82) is 5.26 Å². The minimum Gasteiger partial charge on any atom is -0.493 e. The maximum absolute atomic E-state index is 12.9. The van der Waals surface area contributed by atoms with Crippen molar-refractivity contribution >= 4 is 35.3 Å². The summed E-state index contributed by atoms with van der Waals surface area (Å²) in [6.07, 6.45) is 4.47. The van der Waals surface area contributed by atoms with Gasteiger partial charge in [-0.15, -0.1) is 0 Å². The Kier molecular flexibility index (Phi) is 7.21. The Balaban J connectivity index is 1.77. The number of methoxy groups -OCH3 is 1. The maximum Gasteiger partial charge on any atom is 0.336 e. The van der Waals surface area contributed by atoms with Gasteiger partial charge in [0.2, 0.25) is 0 Å². The van der Waals surface area contributed by atoms with E-state index in [-0.39, 0.29) is 11.6 Å². The number of allylic oxidation sites excluding steroid dienone is 1. The lowest BCUT2D eigenvalue weighted by Crippen LogP contribution is -2.05. The fraction of sp³-hybridized carbons (Fsp3) is 0.0400. The highest BCUT2D eigenvalue weighted by Crippen LogP contribution is 2.30. The highest BCUT2D eigenvalue weighted by Gasteiger charge is 2.10. The predicted molar refractivity (Wildman–Crippen MR) is 119 cm³/mol.